The maximum atomic E-state index is 12.7. The van der Waals surface area contributed by atoms with Gasteiger partial charge in [0.1, 0.15) is 5.78 Å². The van der Waals surface area contributed by atoms with Crippen LogP contribution in [0.4, 0.5) is 0 Å². The van der Waals surface area contributed by atoms with E-state index in [9.17, 15) is 4.79 Å². The van der Waals surface area contributed by atoms with Crippen LogP contribution in [0.1, 0.15) is 106 Å². The van der Waals surface area contributed by atoms with Crippen LogP contribution < -0.4 is 0 Å². The van der Waals surface area contributed by atoms with Gasteiger partial charge in [-0.15, -0.1) is 0 Å². The highest BCUT2D eigenvalue weighted by atomic mass is 16.4. The van der Waals surface area contributed by atoms with Crippen LogP contribution in [0.25, 0.3) is 0 Å². The van der Waals surface area contributed by atoms with Crippen molar-refractivity contribution >= 4 is 11.8 Å². The van der Waals surface area contributed by atoms with Crippen LogP contribution in [-0.2, 0) is 9.59 Å². The minimum Gasteiger partial charge on any atom is -0.481 e. The number of fused-ring (bicyclic) bond motifs is 5. The largest absolute Gasteiger partial charge is 0.481 e. The first-order valence-corrected chi connectivity index (χ1v) is 12.6. The number of ketones is 1. The van der Waals surface area contributed by atoms with Crippen LogP contribution >= 0.6 is 0 Å². The van der Waals surface area contributed by atoms with Gasteiger partial charge in [-0.05, 0) is 79.4 Å². The first-order valence-electron chi connectivity index (χ1n) is 12.6. The maximum Gasteiger partial charge on any atom is 0.300 e. The first kappa shape index (κ1) is 25.1. The Hall–Kier alpha value is -1.12. The van der Waals surface area contributed by atoms with E-state index in [1.807, 2.05) is 13.8 Å². The summed E-state index contributed by atoms with van der Waals surface area (Å²) >= 11 is 0. The van der Waals surface area contributed by atoms with Crippen molar-refractivity contribution in [3.63, 3.8) is 0 Å². The van der Waals surface area contributed by atoms with E-state index in [0.29, 0.717) is 23.0 Å². The molecular weight excluding hydrogens is 372 g/mol. The summed E-state index contributed by atoms with van der Waals surface area (Å²) in [6.45, 7) is 14.6. The zero-order valence-corrected chi connectivity index (χ0v) is 20.6. The van der Waals surface area contributed by atoms with E-state index < -0.39 is 5.97 Å². The van der Waals surface area contributed by atoms with Gasteiger partial charge in [0.2, 0.25) is 0 Å². The minimum atomic E-state index is -0.833. The van der Waals surface area contributed by atoms with Crippen LogP contribution in [0.15, 0.2) is 11.6 Å². The predicted molar refractivity (Wildman–Crippen MR) is 124 cm³/mol. The molecule has 4 aliphatic rings. The Balaban J connectivity index is 0.000000481. The second-order valence-corrected chi connectivity index (χ2v) is 10.5. The summed E-state index contributed by atoms with van der Waals surface area (Å²) < 4.78 is 0. The number of hydrogen-bond donors (Lipinski definition) is 1. The lowest BCUT2D eigenvalue weighted by atomic mass is 9.47. The molecule has 0 aliphatic heterocycles. The Labute approximate surface area is 185 Å². The molecule has 0 aromatic rings. The second-order valence-electron chi connectivity index (χ2n) is 10.5. The molecule has 3 saturated carbocycles. The lowest BCUT2D eigenvalue weighted by Crippen LogP contribution is -2.50. The molecule has 0 aromatic heterocycles. The molecule has 4 rings (SSSR count). The van der Waals surface area contributed by atoms with Gasteiger partial charge in [-0.25, -0.2) is 0 Å². The van der Waals surface area contributed by atoms with E-state index >= 15 is 0 Å². The summed E-state index contributed by atoms with van der Waals surface area (Å²) in [5.74, 6) is 3.14. The van der Waals surface area contributed by atoms with Gasteiger partial charge in [-0.1, -0.05) is 59.6 Å². The minimum absolute atomic E-state index is 0.282. The van der Waals surface area contributed by atoms with Crippen molar-refractivity contribution in [1.29, 1.82) is 0 Å². The number of Topliss-reactive ketones (excluding diaryl/α,β-unsaturated/α-hetero) is 1. The molecule has 3 heteroatoms. The zero-order chi connectivity index (χ0) is 22.7. The number of carboxylic acid groups (broad SMARTS) is 1. The number of carbonyl (C=O) groups is 2. The average Bonchev–Trinajstić information content (AvgIpc) is 2.98. The van der Waals surface area contributed by atoms with E-state index in [0.717, 1.165) is 31.1 Å². The van der Waals surface area contributed by atoms with Crippen molar-refractivity contribution in [2.75, 3.05) is 0 Å². The van der Waals surface area contributed by atoms with Crippen molar-refractivity contribution in [3.8, 4) is 0 Å². The Morgan fingerprint density at radius 3 is 2.37 bits per heavy atom. The fourth-order valence-corrected chi connectivity index (χ4v) is 7.97. The van der Waals surface area contributed by atoms with Gasteiger partial charge < -0.3 is 5.11 Å². The standard InChI is InChI=1S/C23H36O.C2H4O2.C2H6/c1-5-20(24)21-15(2)14-19-17-10-9-16-8-6-7-12-22(16,3)18(17)11-13-23(19,21)4;1-2(3)4;1-2/h9,15,17-19,21H,5-8,10-14H2,1-4H3;1H3,(H,3,4);1-2H3/t15?,17?,18?,19?,21-,22+,23+;;/m1../s1. The fourth-order valence-electron chi connectivity index (χ4n) is 7.97. The van der Waals surface area contributed by atoms with Crippen molar-refractivity contribution in [1.82, 2.24) is 0 Å². The predicted octanol–water partition coefficient (Wildman–Crippen LogP) is 7.30. The molecule has 0 spiro atoms. The van der Waals surface area contributed by atoms with Gasteiger partial charge in [-0.3, -0.25) is 9.59 Å². The normalized spacial score (nSPS) is 41.4. The second kappa shape index (κ2) is 10.0. The molecule has 7 atom stereocenters. The van der Waals surface area contributed by atoms with E-state index in [1.165, 1.54) is 51.4 Å². The highest BCUT2D eigenvalue weighted by molar-refractivity contribution is 5.82. The summed E-state index contributed by atoms with van der Waals surface area (Å²) in [4.78, 5) is 21.7. The quantitative estimate of drug-likeness (QED) is 0.479. The third kappa shape index (κ3) is 4.41. The molecular formula is C27H46O3. The van der Waals surface area contributed by atoms with Gasteiger partial charge in [0.15, 0.2) is 0 Å². The van der Waals surface area contributed by atoms with E-state index in [4.69, 9.17) is 9.90 Å². The molecule has 0 saturated heterocycles. The van der Waals surface area contributed by atoms with Crippen molar-refractivity contribution in [2.24, 2.45) is 40.4 Å². The van der Waals surface area contributed by atoms with Crippen molar-refractivity contribution in [2.45, 2.75) is 106 Å². The summed E-state index contributed by atoms with van der Waals surface area (Å²) in [5, 5.41) is 7.42. The molecule has 0 heterocycles. The summed E-state index contributed by atoms with van der Waals surface area (Å²) in [6, 6.07) is 0. The molecule has 172 valence electrons. The fraction of sp³-hybridized carbons (Fsp3) is 0.852. The molecule has 3 nitrogen and oxygen atoms in total. The summed E-state index contributed by atoms with van der Waals surface area (Å²) in [7, 11) is 0. The lowest BCUT2D eigenvalue weighted by molar-refractivity contribution is -0.134. The van der Waals surface area contributed by atoms with E-state index in [-0.39, 0.29) is 5.41 Å². The van der Waals surface area contributed by atoms with E-state index in [1.54, 1.807) is 5.57 Å². The van der Waals surface area contributed by atoms with Gasteiger partial charge >= 0.3 is 0 Å². The number of carboxylic acids is 1. The zero-order valence-electron chi connectivity index (χ0n) is 20.6. The summed E-state index contributed by atoms with van der Waals surface area (Å²) in [6.07, 6.45) is 14.2. The third-order valence-corrected chi connectivity index (χ3v) is 9.06. The van der Waals surface area contributed by atoms with Crippen molar-refractivity contribution in [3.05, 3.63) is 11.6 Å². The number of aliphatic carboxylic acids is 1. The highest BCUT2D eigenvalue weighted by Crippen LogP contribution is 2.67. The molecule has 0 bridgehead atoms. The van der Waals surface area contributed by atoms with Gasteiger partial charge in [0, 0.05) is 19.3 Å². The third-order valence-electron chi connectivity index (χ3n) is 9.06. The van der Waals surface area contributed by atoms with Gasteiger partial charge in [-0.2, -0.15) is 0 Å². The van der Waals surface area contributed by atoms with Crippen molar-refractivity contribution < 1.29 is 14.7 Å². The topological polar surface area (TPSA) is 54.4 Å². The number of carbonyl (C=O) groups excluding carboxylic acids is 1. The first-order chi connectivity index (χ1) is 14.1. The Morgan fingerprint density at radius 1 is 1.13 bits per heavy atom. The summed E-state index contributed by atoms with van der Waals surface area (Å²) in [5.41, 5.74) is 2.56. The van der Waals surface area contributed by atoms with Crippen LogP contribution in [0, 0.1) is 40.4 Å². The molecule has 3 fully saturated rings. The number of hydrogen-bond acceptors (Lipinski definition) is 2. The number of allylic oxidation sites excluding steroid dienone is 2. The molecule has 4 aliphatic carbocycles. The Kier molecular flexibility index (Phi) is 8.38. The van der Waals surface area contributed by atoms with E-state index in [2.05, 4.69) is 33.8 Å². The maximum absolute atomic E-state index is 12.7. The Morgan fingerprint density at radius 2 is 1.77 bits per heavy atom. The number of rotatable bonds is 2. The molecule has 30 heavy (non-hydrogen) atoms. The molecule has 1 N–H and O–H groups in total. The van der Waals surface area contributed by atoms with Gasteiger partial charge in [0.05, 0.1) is 0 Å². The molecule has 0 radical (unpaired) electrons. The smallest absolute Gasteiger partial charge is 0.300 e. The molecule has 4 unspecified atom stereocenters. The van der Waals surface area contributed by atoms with Crippen LogP contribution in [-0.4, -0.2) is 16.9 Å². The highest BCUT2D eigenvalue weighted by Gasteiger charge is 2.61. The van der Waals surface area contributed by atoms with Crippen LogP contribution in [0.3, 0.4) is 0 Å². The molecule has 0 aromatic carbocycles. The monoisotopic (exact) mass is 418 g/mol. The van der Waals surface area contributed by atoms with Crippen LogP contribution in [0.5, 0.6) is 0 Å². The SMILES string of the molecule is CC.CC(=O)O.CCC(=O)[C@H]1C(C)CC2C3CC=C4CCCC[C@]4(C)C3CC[C@@]21C. The lowest BCUT2D eigenvalue weighted by Gasteiger charge is -2.57. The Bertz CT molecular complexity index is 646. The average molecular weight is 419 g/mol. The van der Waals surface area contributed by atoms with Crippen LogP contribution in [0.2, 0.25) is 0 Å². The van der Waals surface area contributed by atoms with Gasteiger partial charge in [0.25, 0.3) is 5.97 Å². The molecule has 0 amide bonds.